The SMILES string of the molecule is CCCCC/C=C(\C(=O)O)C(C)C(=O)OC. The number of methoxy groups -OCH3 is 1. The smallest absolute Gasteiger partial charge is 0.332 e. The Hall–Kier alpha value is -1.32. The molecule has 0 heterocycles. The maximum absolute atomic E-state index is 11.2. The fourth-order valence-corrected chi connectivity index (χ4v) is 1.40. The Bertz CT molecular complexity index is 268. The van der Waals surface area contributed by atoms with Gasteiger partial charge in [0.1, 0.15) is 0 Å². The van der Waals surface area contributed by atoms with E-state index in [1.807, 2.05) is 0 Å². The van der Waals surface area contributed by atoms with Crippen LogP contribution in [0.25, 0.3) is 0 Å². The molecule has 0 rings (SSSR count). The number of aliphatic carboxylic acids is 1. The predicted octanol–water partition coefficient (Wildman–Crippen LogP) is 2.39. The number of hydrogen-bond donors (Lipinski definition) is 1. The van der Waals surface area contributed by atoms with Crippen molar-refractivity contribution in [2.24, 2.45) is 5.92 Å². The number of carbonyl (C=O) groups excluding carboxylic acids is 1. The number of esters is 1. The first-order valence-electron chi connectivity index (χ1n) is 5.55. The predicted molar refractivity (Wildman–Crippen MR) is 61.0 cm³/mol. The maximum atomic E-state index is 11.2. The monoisotopic (exact) mass is 228 g/mol. The van der Waals surface area contributed by atoms with Crippen molar-refractivity contribution in [3.05, 3.63) is 11.6 Å². The molecule has 0 radical (unpaired) electrons. The number of unbranched alkanes of at least 4 members (excludes halogenated alkanes) is 3. The van der Waals surface area contributed by atoms with E-state index in [0.717, 1.165) is 19.3 Å². The second kappa shape index (κ2) is 7.91. The summed E-state index contributed by atoms with van der Waals surface area (Å²) in [4.78, 5) is 22.2. The maximum Gasteiger partial charge on any atom is 0.332 e. The van der Waals surface area contributed by atoms with E-state index in [1.165, 1.54) is 7.11 Å². The van der Waals surface area contributed by atoms with E-state index in [0.29, 0.717) is 6.42 Å². The van der Waals surface area contributed by atoms with Gasteiger partial charge in [0.2, 0.25) is 0 Å². The molecular weight excluding hydrogens is 208 g/mol. The minimum atomic E-state index is -1.05. The summed E-state index contributed by atoms with van der Waals surface area (Å²) in [5.74, 6) is -2.26. The number of carboxylic acids is 1. The highest BCUT2D eigenvalue weighted by molar-refractivity contribution is 5.94. The van der Waals surface area contributed by atoms with Crippen LogP contribution in [0.2, 0.25) is 0 Å². The zero-order valence-corrected chi connectivity index (χ0v) is 10.2. The molecule has 1 unspecified atom stereocenters. The third kappa shape index (κ3) is 4.96. The fourth-order valence-electron chi connectivity index (χ4n) is 1.40. The molecule has 0 aromatic rings. The first-order valence-corrected chi connectivity index (χ1v) is 5.55. The number of hydrogen-bond acceptors (Lipinski definition) is 3. The molecular formula is C12H20O4. The van der Waals surface area contributed by atoms with E-state index in [4.69, 9.17) is 5.11 Å². The Morgan fingerprint density at radius 3 is 2.44 bits per heavy atom. The highest BCUT2D eigenvalue weighted by Crippen LogP contribution is 2.14. The Labute approximate surface area is 96.3 Å². The fraction of sp³-hybridized carbons (Fsp3) is 0.667. The molecule has 0 aliphatic rings. The summed E-state index contributed by atoms with van der Waals surface area (Å²) in [6.07, 6.45) is 5.41. The molecule has 0 fully saturated rings. The number of allylic oxidation sites excluding steroid dienone is 1. The third-order valence-electron chi connectivity index (χ3n) is 2.44. The van der Waals surface area contributed by atoms with Crippen molar-refractivity contribution >= 4 is 11.9 Å². The number of ether oxygens (including phenoxy) is 1. The summed E-state index contributed by atoms with van der Waals surface area (Å²) < 4.78 is 4.53. The van der Waals surface area contributed by atoms with Crippen LogP contribution in [0.1, 0.15) is 39.5 Å². The molecule has 1 N–H and O–H groups in total. The molecule has 16 heavy (non-hydrogen) atoms. The van der Waals surface area contributed by atoms with Crippen molar-refractivity contribution in [3.8, 4) is 0 Å². The standard InChI is InChI=1S/C12H20O4/c1-4-5-6-7-8-10(11(13)14)9(2)12(15)16-3/h8-9H,4-7H2,1-3H3,(H,13,14)/b10-8-. The highest BCUT2D eigenvalue weighted by Gasteiger charge is 2.23. The third-order valence-corrected chi connectivity index (χ3v) is 2.44. The molecule has 92 valence electrons. The zero-order chi connectivity index (χ0) is 12.6. The lowest BCUT2D eigenvalue weighted by molar-refractivity contribution is -0.146. The van der Waals surface area contributed by atoms with Gasteiger partial charge in [-0.15, -0.1) is 0 Å². The van der Waals surface area contributed by atoms with Crippen LogP contribution in [0, 0.1) is 5.92 Å². The lowest BCUT2D eigenvalue weighted by Gasteiger charge is -2.09. The normalized spacial score (nSPS) is 13.3. The zero-order valence-electron chi connectivity index (χ0n) is 10.2. The summed E-state index contributed by atoms with van der Waals surface area (Å²) in [6, 6.07) is 0. The van der Waals surface area contributed by atoms with Gasteiger partial charge in [-0.05, 0) is 19.8 Å². The van der Waals surface area contributed by atoms with Crippen LogP contribution < -0.4 is 0 Å². The van der Waals surface area contributed by atoms with Crippen molar-refractivity contribution in [1.82, 2.24) is 0 Å². The number of rotatable bonds is 7. The molecule has 0 aromatic carbocycles. The molecule has 1 atom stereocenters. The molecule has 0 amide bonds. The molecule has 0 aliphatic heterocycles. The van der Waals surface area contributed by atoms with Crippen LogP contribution in [0.15, 0.2) is 11.6 Å². The quantitative estimate of drug-likeness (QED) is 0.413. The minimum Gasteiger partial charge on any atom is -0.478 e. The van der Waals surface area contributed by atoms with Gasteiger partial charge in [-0.1, -0.05) is 25.8 Å². The van der Waals surface area contributed by atoms with Crippen LogP contribution in [0.3, 0.4) is 0 Å². The molecule has 0 saturated heterocycles. The lowest BCUT2D eigenvalue weighted by Crippen LogP contribution is -2.20. The average Bonchev–Trinajstić information content (AvgIpc) is 2.26. The largest absolute Gasteiger partial charge is 0.478 e. The Morgan fingerprint density at radius 1 is 1.38 bits per heavy atom. The van der Waals surface area contributed by atoms with E-state index in [9.17, 15) is 9.59 Å². The van der Waals surface area contributed by atoms with Crippen molar-refractivity contribution in [2.75, 3.05) is 7.11 Å². The van der Waals surface area contributed by atoms with Crippen LogP contribution in [-0.4, -0.2) is 24.2 Å². The summed E-state index contributed by atoms with van der Waals surface area (Å²) in [6.45, 7) is 3.63. The Kier molecular flexibility index (Phi) is 7.25. The van der Waals surface area contributed by atoms with Crippen LogP contribution in [0.5, 0.6) is 0 Å². The summed E-state index contributed by atoms with van der Waals surface area (Å²) in [5.41, 5.74) is 0.128. The Balaban J connectivity index is 4.48. The van der Waals surface area contributed by atoms with Crippen LogP contribution >= 0.6 is 0 Å². The summed E-state index contributed by atoms with van der Waals surface area (Å²) >= 11 is 0. The minimum absolute atomic E-state index is 0.128. The molecule has 4 nitrogen and oxygen atoms in total. The molecule has 0 bridgehead atoms. The van der Waals surface area contributed by atoms with E-state index in [2.05, 4.69) is 11.7 Å². The molecule has 0 spiro atoms. The van der Waals surface area contributed by atoms with E-state index in [1.54, 1.807) is 13.0 Å². The van der Waals surface area contributed by atoms with Crippen molar-refractivity contribution < 1.29 is 19.4 Å². The van der Waals surface area contributed by atoms with Crippen LogP contribution in [-0.2, 0) is 14.3 Å². The van der Waals surface area contributed by atoms with Crippen molar-refractivity contribution in [2.45, 2.75) is 39.5 Å². The van der Waals surface area contributed by atoms with E-state index in [-0.39, 0.29) is 5.57 Å². The van der Waals surface area contributed by atoms with Gasteiger partial charge >= 0.3 is 11.9 Å². The van der Waals surface area contributed by atoms with Gasteiger partial charge in [0, 0.05) is 5.57 Å². The van der Waals surface area contributed by atoms with Gasteiger partial charge < -0.3 is 9.84 Å². The summed E-state index contributed by atoms with van der Waals surface area (Å²) in [5, 5.41) is 8.97. The van der Waals surface area contributed by atoms with Gasteiger partial charge in [0.25, 0.3) is 0 Å². The summed E-state index contributed by atoms with van der Waals surface area (Å²) in [7, 11) is 1.26. The highest BCUT2D eigenvalue weighted by atomic mass is 16.5. The molecule has 0 aromatic heterocycles. The molecule has 4 heteroatoms. The van der Waals surface area contributed by atoms with E-state index < -0.39 is 17.9 Å². The molecule has 0 saturated carbocycles. The van der Waals surface area contributed by atoms with Gasteiger partial charge in [0.15, 0.2) is 0 Å². The number of carboxylic acid groups (broad SMARTS) is 1. The average molecular weight is 228 g/mol. The second-order valence-corrected chi connectivity index (χ2v) is 3.71. The van der Waals surface area contributed by atoms with Gasteiger partial charge in [-0.2, -0.15) is 0 Å². The van der Waals surface area contributed by atoms with E-state index >= 15 is 0 Å². The van der Waals surface area contributed by atoms with Crippen LogP contribution in [0.4, 0.5) is 0 Å². The second-order valence-electron chi connectivity index (χ2n) is 3.71. The lowest BCUT2D eigenvalue weighted by atomic mass is 9.99. The van der Waals surface area contributed by atoms with Gasteiger partial charge in [-0.25, -0.2) is 4.79 Å². The topological polar surface area (TPSA) is 63.6 Å². The van der Waals surface area contributed by atoms with Crippen molar-refractivity contribution in [1.29, 1.82) is 0 Å². The number of carbonyl (C=O) groups is 2. The van der Waals surface area contributed by atoms with Crippen molar-refractivity contribution in [3.63, 3.8) is 0 Å². The first-order chi connectivity index (χ1) is 7.54. The van der Waals surface area contributed by atoms with Gasteiger partial charge in [0.05, 0.1) is 13.0 Å². The van der Waals surface area contributed by atoms with Gasteiger partial charge in [-0.3, -0.25) is 4.79 Å². The first kappa shape index (κ1) is 14.7. The Morgan fingerprint density at radius 2 is 2.00 bits per heavy atom. The molecule has 0 aliphatic carbocycles.